The van der Waals surface area contributed by atoms with E-state index in [4.69, 9.17) is 16.7 Å². The molecule has 0 bridgehead atoms. The van der Waals surface area contributed by atoms with Crippen LogP contribution in [0.25, 0.3) is 28.3 Å². The second-order valence-electron chi connectivity index (χ2n) is 6.46. The van der Waals surface area contributed by atoms with Crippen LogP contribution in [0.1, 0.15) is 11.4 Å². The number of tetrazole rings is 1. The maximum absolute atomic E-state index is 6.37. The molecule has 5 rings (SSSR count). The first-order valence-electron chi connectivity index (χ1n) is 8.69. The van der Waals surface area contributed by atoms with E-state index in [1.807, 2.05) is 70.7 Å². The van der Waals surface area contributed by atoms with Crippen molar-refractivity contribution >= 4 is 17.1 Å². The Kier molecular flexibility index (Phi) is 3.91. The van der Waals surface area contributed by atoms with Crippen LogP contribution in [0.4, 0.5) is 0 Å². The molecular formula is C19H15ClN8. The van der Waals surface area contributed by atoms with Gasteiger partial charge in [0.15, 0.2) is 0 Å². The Hall–Kier alpha value is -3.52. The molecule has 0 radical (unpaired) electrons. The molecule has 0 spiro atoms. The van der Waals surface area contributed by atoms with Crippen molar-refractivity contribution in [2.24, 2.45) is 0 Å². The van der Waals surface area contributed by atoms with Gasteiger partial charge in [-0.15, -0.1) is 10.2 Å². The lowest BCUT2D eigenvalue weighted by Crippen LogP contribution is -2.09. The van der Waals surface area contributed by atoms with Crippen molar-refractivity contribution in [3.05, 3.63) is 71.0 Å². The van der Waals surface area contributed by atoms with E-state index in [0.717, 1.165) is 28.2 Å². The first-order valence-corrected chi connectivity index (χ1v) is 9.07. The fourth-order valence-corrected chi connectivity index (χ4v) is 3.44. The van der Waals surface area contributed by atoms with Gasteiger partial charge in [-0.1, -0.05) is 41.9 Å². The Morgan fingerprint density at radius 3 is 2.64 bits per heavy atom. The highest BCUT2D eigenvalue weighted by molar-refractivity contribution is 6.31. The second kappa shape index (κ2) is 6.58. The number of halogens is 1. The van der Waals surface area contributed by atoms with Crippen LogP contribution >= 0.6 is 11.6 Å². The summed E-state index contributed by atoms with van der Waals surface area (Å²) in [4.78, 5) is 0. The predicted octanol–water partition coefficient (Wildman–Crippen LogP) is 3.39. The van der Waals surface area contributed by atoms with E-state index in [0.29, 0.717) is 23.1 Å². The van der Waals surface area contributed by atoms with Gasteiger partial charge in [-0.3, -0.25) is 4.68 Å². The third-order valence-corrected chi connectivity index (χ3v) is 4.75. The molecule has 0 aliphatic heterocycles. The molecule has 0 aliphatic carbocycles. The summed E-state index contributed by atoms with van der Waals surface area (Å²) >= 11 is 6.37. The number of pyridine rings is 1. The van der Waals surface area contributed by atoms with Crippen molar-refractivity contribution in [1.82, 2.24) is 40.0 Å². The Morgan fingerprint density at radius 2 is 1.86 bits per heavy atom. The number of hydrogen-bond donors (Lipinski definition) is 1. The Morgan fingerprint density at radius 1 is 1.00 bits per heavy atom. The van der Waals surface area contributed by atoms with Crippen LogP contribution in [0.2, 0.25) is 5.02 Å². The van der Waals surface area contributed by atoms with Gasteiger partial charge in [0.05, 0.1) is 23.4 Å². The summed E-state index contributed by atoms with van der Waals surface area (Å²) in [7, 11) is 0. The third kappa shape index (κ3) is 2.93. The van der Waals surface area contributed by atoms with E-state index >= 15 is 0 Å². The van der Waals surface area contributed by atoms with Gasteiger partial charge in [-0.2, -0.15) is 15.4 Å². The first-order chi connectivity index (χ1) is 13.7. The molecular weight excluding hydrogens is 376 g/mol. The third-order valence-electron chi connectivity index (χ3n) is 4.54. The van der Waals surface area contributed by atoms with Gasteiger partial charge in [0.25, 0.3) is 0 Å². The molecule has 0 amide bonds. The summed E-state index contributed by atoms with van der Waals surface area (Å²) in [5, 5.41) is 24.0. The first kappa shape index (κ1) is 16.6. The summed E-state index contributed by atoms with van der Waals surface area (Å²) in [6.07, 6.45) is 0. The van der Waals surface area contributed by atoms with Gasteiger partial charge >= 0.3 is 0 Å². The van der Waals surface area contributed by atoms with Crippen molar-refractivity contribution in [2.45, 2.75) is 13.5 Å². The summed E-state index contributed by atoms with van der Waals surface area (Å²) in [6, 6.07) is 17.8. The Balaban J connectivity index is 1.57. The molecule has 4 aromatic heterocycles. The van der Waals surface area contributed by atoms with Crippen LogP contribution in [0, 0.1) is 6.92 Å². The number of benzene rings is 1. The van der Waals surface area contributed by atoms with Gasteiger partial charge in [0.2, 0.25) is 5.82 Å². The van der Waals surface area contributed by atoms with Crippen LogP contribution in [0.15, 0.2) is 54.6 Å². The second-order valence-corrected chi connectivity index (χ2v) is 6.90. The van der Waals surface area contributed by atoms with Gasteiger partial charge in [0, 0.05) is 16.3 Å². The normalized spacial score (nSPS) is 11.4. The topological polar surface area (TPSA) is 89.6 Å². The van der Waals surface area contributed by atoms with Gasteiger partial charge in [-0.05, 0) is 36.4 Å². The molecule has 5 aromatic rings. The quantitative estimate of drug-likeness (QED) is 0.508. The molecule has 0 fully saturated rings. The average molecular weight is 391 g/mol. The summed E-state index contributed by atoms with van der Waals surface area (Å²) in [5.41, 5.74) is 5.45. The summed E-state index contributed by atoms with van der Waals surface area (Å²) < 4.78 is 3.78. The number of fused-ring (bicyclic) bond motifs is 1. The summed E-state index contributed by atoms with van der Waals surface area (Å²) in [6.45, 7) is 2.49. The standard InChI is InChI=1S/C19H15ClN8/c1-12-7-18(19-21-25-26-22-19)23-27(12)11-16-9-14(20)8-15-10-17(24-28(15)16)13-5-3-2-4-6-13/h2-10H,11H2,1H3,(H,21,22,25,26). The van der Waals surface area contributed by atoms with Crippen LogP contribution in [0.5, 0.6) is 0 Å². The van der Waals surface area contributed by atoms with Crippen LogP contribution in [0.3, 0.4) is 0 Å². The maximum Gasteiger partial charge on any atom is 0.224 e. The van der Waals surface area contributed by atoms with Crippen molar-refractivity contribution in [3.63, 3.8) is 0 Å². The zero-order chi connectivity index (χ0) is 19.1. The minimum absolute atomic E-state index is 0.462. The SMILES string of the molecule is Cc1cc(-c2nn[nH]n2)nn1Cc1cc(Cl)cc2cc(-c3ccccc3)nn12. The number of nitrogens with zero attached hydrogens (tertiary/aromatic N) is 7. The molecule has 138 valence electrons. The van der Waals surface area contributed by atoms with Gasteiger partial charge in [0.1, 0.15) is 5.69 Å². The summed E-state index contributed by atoms with van der Waals surface area (Å²) in [5.74, 6) is 0.462. The van der Waals surface area contributed by atoms with E-state index < -0.39 is 0 Å². The molecule has 9 heteroatoms. The number of H-pyrrole nitrogens is 1. The van der Waals surface area contributed by atoms with E-state index in [2.05, 4.69) is 25.7 Å². The number of aromatic nitrogens is 8. The Bertz CT molecular complexity index is 1250. The lowest BCUT2D eigenvalue weighted by molar-refractivity contribution is 0.638. The largest absolute Gasteiger partial charge is 0.263 e. The number of aryl methyl sites for hydroxylation is 1. The monoisotopic (exact) mass is 390 g/mol. The minimum atomic E-state index is 0.462. The predicted molar refractivity (Wildman–Crippen MR) is 105 cm³/mol. The smallest absolute Gasteiger partial charge is 0.224 e. The molecule has 4 heterocycles. The van der Waals surface area contributed by atoms with Crippen LogP contribution in [-0.2, 0) is 6.54 Å². The fourth-order valence-electron chi connectivity index (χ4n) is 3.20. The highest BCUT2D eigenvalue weighted by atomic mass is 35.5. The van der Waals surface area contributed by atoms with Crippen molar-refractivity contribution in [2.75, 3.05) is 0 Å². The number of rotatable bonds is 4. The number of aromatic amines is 1. The van der Waals surface area contributed by atoms with Crippen LogP contribution < -0.4 is 0 Å². The molecule has 0 unspecified atom stereocenters. The molecule has 8 nitrogen and oxygen atoms in total. The zero-order valence-electron chi connectivity index (χ0n) is 14.9. The lowest BCUT2D eigenvalue weighted by Gasteiger charge is -2.08. The highest BCUT2D eigenvalue weighted by Crippen LogP contribution is 2.24. The average Bonchev–Trinajstić information content (AvgIpc) is 3.43. The van der Waals surface area contributed by atoms with E-state index in [9.17, 15) is 0 Å². The van der Waals surface area contributed by atoms with Crippen LogP contribution in [-0.4, -0.2) is 40.0 Å². The van der Waals surface area contributed by atoms with E-state index in [1.54, 1.807) is 0 Å². The molecule has 0 saturated heterocycles. The van der Waals surface area contributed by atoms with Gasteiger partial charge in [-0.25, -0.2) is 4.52 Å². The zero-order valence-corrected chi connectivity index (χ0v) is 15.7. The van der Waals surface area contributed by atoms with E-state index in [1.165, 1.54) is 0 Å². The minimum Gasteiger partial charge on any atom is -0.263 e. The molecule has 0 aliphatic rings. The lowest BCUT2D eigenvalue weighted by atomic mass is 10.1. The molecule has 1 N–H and O–H groups in total. The maximum atomic E-state index is 6.37. The van der Waals surface area contributed by atoms with Crippen molar-refractivity contribution in [3.8, 4) is 22.8 Å². The van der Waals surface area contributed by atoms with Gasteiger partial charge < -0.3 is 0 Å². The van der Waals surface area contributed by atoms with Crippen molar-refractivity contribution < 1.29 is 0 Å². The van der Waals surface area contributed by atoms with Crippen molar-refractivity contribution in [1.29, 1.82) is 0 Å². The number of nitrogens with one attached hydrogen (secondary N) is 1. The Labute approximate surface area is 164 Å². The number of hydrogen-bond acceptors (Lipinski definition) is 5. The highest BCUT2D eigenvalue weighted by Gasteiger charge is 2.14. The van der Waals surface area contributed by atoms with E-state index in [-0.39, 0.29) is 0 Å². The molecule has 0 atom stereocenters. The fraction of sp³-hybridized carbons (Fsp3) is 0.105. The molecule has 0 saturated carbocycles. The molecule has 1 aromatic carbocycles. The molecule has 28 heavy (non-hydrogen) atoms.